The fraction of sp³-hybridized carbons (Fsp3) is 0.640. The summed E-state index contributed by atoms with van der Waals surface area (Å²) in [6, 6.07) is 10.9. The van der Waals surface area contributed by atoms with Crippen molar-refractivity contribution < 1.29 is 23.1 Å². The van der Waals surface area contributed by atoms with E-state index in [-0.39, 0.29) is 0 Å². The highest BCUT2D eigenvalue weighted by atomic mass is 19.4. The van der Waals surface area contributed by atoms with Gasteiger partial charge in [-0.05, 0) is 81.1 Å². The number of hydrogen-bond donors (Lipinski definition) is 1. The number of fused-ring (bicyclic) bond motifs is 1. The largest absolute Gasteiger partial charge is 0.490 e. The molecule has 33 heavy (non-hydrogen) atoms. The van der Waals surface area contributed by atoms with Crippen LogP contribution >= 0.6 is 0 Å². The summed E-state index contributed by atoms with van der Waals surface area (Å²) < 4.78 is 34.3. The van der Waals surface area contributed by atoms with Crippen LogP contribution in [-0.2, 0) is 23.2 Å². The molecule has 0 saturated heterocycles. The summed E-state index contributed by atoms with van der Waals surface area (Å²) in [5.74, 6) is 3.36. The molecule has 0 amide bonds. The number of carboxylic acid groups (broad SMARTS) is 1. The number of hydrogen-bond acceptors (Lipinski definition) is 3. The van der Waals surface area contributed by atoms with Crippen molar-refractivity contribution in [3.63, 3.8) is 0 Å². The molecule has 1 unspecified atom stereocenters. The zero-order valence-corrected chi connectivity index (χ0v) is 18.6. The Morgan fingerprint density at radius 3 is 2.15 bits per heavy atom. The molecule has 5 aliphatic rings. The van der Waals surface area contributed by atoms with Gasteiger partial charge in [0.2, 0.25) is 0 Å². The first-order chi connectivity index (χ1) is 15.7. The Balaban J connectivity index is 0.000000287. The van der Waals surface area contributed by atoms with Crippen molar-refractivity contribution in [3.8, 4) is 0 Å². The fourth-order valence-corrected chi connectivity index (χ4v) is 7.33. The molecule has 4 bridgehead atoms. The van der Waals surface area contributed by atoms with Gasteiger partial charge in [0, 0.05) is 17.9 Å². The third-order valence-electron chi connectivity index (χ3n) is 8.16. The quantitative estimate of drug-likeness (QED) is 0.656. The summed E-state index contributed by atoms with van der Waals surface area (Å²) >= 11 is 0. The highest BCUT2D eigenvalue weighted by molar-refractivity contribution is 5.73. The maximum absolute atomic E-state index is 10.6. The number of alkyl halides is 3. The summed E-state index contributed by atoms with van der Waals surface area (Å²) in [5, 5.41) is 16.8. The first-order valence-corrected chi connectivity index (χ1v) is 12.0. The lowest BCUT2D eigenvalue weighted by molar-refractivity contribution is -0.192. The Morgan fingerprint density at radius 1 is 1.03 bits per heavy atom. The van der Waals surface area contributed by atoms with Gasteiger partial charge >= 0.3 is 12.1 Å². The van der Waals surface area contributed by atoms with Crippen molar-refractivity contribution in [1.82, 2.24) is 14.8 Å². The van der Waals surface area contributed by atoms with E-state index < -0.39 is 12.1 Å². The van der Waals surface area contributed by atoms with Crippen molar-refractivity contribution in [2.24, 2.45) is 17.8 Å². The van der Waals surface area contributed by atoms with Crippen molar-refractivity contribution in [1.29, 1.82) is 0 Å². The van der Waals surface area contributed by atoms with E-state index in [0.29, 0.717) is 11.3 Å². The smallest absolute Gasteiger partial charge is 0.475 e. The Bertz CT molecular complexity index is 967. The molecule has 1 N–H and O–H groups in total. The molecule has 4 saturated carbocycles. The molecule has 4 aliphatic carbocycles. The van der Waals surface area contributed by atoms with E-state index in [1.54, 1.807) is 0 Å². The molecule has 1 aliphatic heterocycles. The predicted molar refractivity (Wildman–Crippen MR) is 116 cm³/mol. The molecule has 5 nitrogen and oxygen atoms in total. The van der Waals surface area contributed by atoms with Gasteiger partial charge < -0.3 is 9.67 Å². The molecule has 178 valence electrons. The summed E-state index contributed by atoms with van der Waals surface area (Å²) in [4.78, 5) is 8.90. The molecule has 7 rings (SSSR count). The summed E-state index contributed by atoms with van der Waals surface area (Å²) in [6.45, 7) is 1.14. The lowest BCUT2D eigenvalue weighted by atomic mass is 9.49. The third kappa shape index (κ3) is 4.41. The summed E-state index contributed by atoms with van der Waals surface area (Å²) in [7, 11) is 0. The number of aliphatic carboxylic acids is 1. The van der Waals surface area contributed by atoms with Crippen LogP contribution in [0.2, 0.25) is 0 Å². The number of carboxylic acids is 1. The molecular weight excluding hydrogens is 431 g/mol. The molecule has 0 radical (unpaired) electrons. The summed E-state index contributed by atoms with van der Waals surface area (Å²) in [6.07, 6.45) is 7.22. The van der Waals surface area contributed by atoms with E-state index in [9.17, 15) is 13.2 Å². The van der Waals surface area contributed by atoms with Crippen LogP contribution in [0.1, 0.15) is 74.5 Å². The van der Waals surface area contributed by atoms with Crippen LogP contribution in [-0.4, -0.2) is 32.0 Å². The Labute approximate surface area is 191 Å². The van der Waals surface area contributed by atoms with Crippen LogP contribution in [0.4, 0.5) is 13.2 Å². The van der Waals surface area contributed by atoms with Gasteiger partial charge in [-0.1, -0.05) is 30.3 Å². The van der Waals surface area contributed by atoms with Gasteiger partial charge in [0.25, 0.3) is 0 Å². The lowest BCUT2D eigenvalue weighted by Crippen LogP contribution is -2.50. The van der Waals surface area contributed by atoms with Gasteiger partial charge in [-0.3, -0.25) is 0 Å². The van der Waals surface area contributed by atoms with Crippen LogP contribution in [0.5, 0.6) is 0 Å². The molecule has 4 fully saturated rings. The van der Waals surface area contributed by atoms with E-state index in [0.717, 1.165) is 30.7 Å². The van der Waals surface area contributed by atoms with Gasteiger partial charge in [0.05, 0.1) is 0 Å². The van der Waals surface area contributed by atoms with Gasteiger partial charge in [0.1, 0.15) is 11.6 Å². The minimum absolute atomic E-state index is 0.370. The van der Waals surface area contributed by atoms with Crippen molar-refractivity contribution in [2.75, 3.05) is 0 Å². The second-order valence-electron chi connectivity index (χ2n) is 10.6. The number of rotatable bonds is 3. The average Bonchev–Trinajstić information content (AvgIpc) is 3.19. The first-order valence-electron chi connectivity index (χ1n) is 12.0. The van der Waals surface area contributed by atoms with Crippen molar-refractivity contribution in [2.45, 2.75) is 81.8 Å². The molecular formula is C25H30F3N3O2. The minimum atomic E-state index is -5.08. The Hall–Kier alpha value is -2.38. The normalized spacial score (nSPS) is 32.1. The van der Waals surface area contributed by atoms with Crippen LogP contribution < -0.4 is 0 Å². The predicted octanol–water partition coefficient (Wildman–Crippen LogP) is 5.50. The minimum Gasteiger partial charge on any atom is -0.475 e. The summed E-state index contributed by atoms with van der Waals surface area (Å²) in [5.41, 5.74) is 1.81. The molecule has 0 spiro atoms. The molecule has 1 aromatic carbocycles. The number of benzene rings is 1. The van der Waals surface area contributed by atoms with Gasteiger partial charge in [0.15, 0.2) is 0 Å². The van der Waals surface area contributed by atoms with Crippen LogP contribution in [0.25, 0.3) is 0 Å². The maximum atomic E-state index is 10.6. The number of aromatic nitrogens is 3. The number of halogens is 3. The standard InChI is InChI=1S/C23H29N3.C2HF3O2/c1-2-5-16(6-3-1)12-20-7-4-8-26-21(20)24-25-22(26)23-13-17-9-18(14-23)11-19(10-17)15-23;3-2(4,5)1(6)7/h1-3,5-6,17-20H,4,7-15H2;(H,6,7). The lowest BCUT2D eigenvalue weighted by Gasteiger charge is -2.56. The Morgan fingerprint density at radius 2 is 1.61 bits per heavy atom. The monoisotopic (exact) mass is 461 g/mol. The van der Waals surface area contributed by atoms with Crippen LogP contribution in [0.3, 0.4) is 0 Å². The third-order valence-corrected chi connectivity index (χ3v) is 8.16. The molecule has 2 aromatic rings. The zero-order valence-electron chi connectivity index (χ0n) is 18.6. The second kappa shape index (κ2) is 8.44. The SMILES string of the molecule is O=C(O)C(F)(F)F.c1ccc(CC2CCCn3c2nnc3C23CC4CC(CC(C4)C2)C3)cc1. The van der Waals surface area contributed by atoms with E-state index in [2.05, 4.69) is 34.9 Å². The zero-order chi connectivity index (χ0) is 23.2. The van der Waals surface area contributed by atoms with Crippen molar-refractivity contribution in [3.05, 3.63) is 47.5 Å². The molecule has 2 heterocycles. The molecule has 1 atom stereocenters. The number of nitrogens with zero attached hydrogens (tertiary/aromatic N) is 3. The topological polar surface area (TPSA) is 68.0 Å². The van der Waals surface area contributed by atoms with Gasteiger partial charge in [-0.15, -0.1) is 10.2 Å². The number of carbonyl (C=O) groups is 1. The fourth-order valence-electron chi connectivity index (χ4n) is 7.33. The Kier molecular flexibility index (Phi) is 5.73. The van der Waals surface area contributed by atoms with Crippen LogP contribution in [0, 0.1) is 17.8 Å². The average molecular weight is 462 g/mol. The van der Waals surface area contributed by atoms with Gasteiger partial charge in [-0.25, -0.2) is 4.79 Å². The van der Waals surface area contributed by atoms with E-state index in [4.69, 9.17) is 20.1 Å². The van der Waals surface area contributed by atoms with Crippen molar-refractivity contribution >= 4 is 5.97 Å². The maximum Gasteiger partial charge on any atom is 0.490 e. The van der Waals surface area contributed by atoms with Gasteiger partial charge in [-0.2, -0.15) is 13.2 Å². The van der Waals surface area contributed by atoms with Crippen LogP contribution in [0.15, 0.2) is 30.3 Å². The first kappa shape index (κ1) is 22.4. The molecule has 1 aromatic heterocycles. The van der Waals surface area contributed by atoms with E-state index >= 15 is 0 Å². The van der Waals surface area contributed by atoms with E-state index in [1.165, 1.54) is 68.6 Å². The van der Waals surface area contributed by atoms with E-state index in [1.807, 2.05) is 0 Å². The highest BCUT2D eigenvalue weighted by Crippen LogP contribution is 2.60. The second-order valence-corrected chi connectivity index (χ2v) is 10.6. The highest BCUT2D eigenvalue weighted by Gasteiger charge is 2.54. The molecule has 8 heteroatoms.